The molecule has 0 saturated carbocycles. The van der Waals surface area contributed by atoms with Crippen LogP contribution in [0, 0.1) is 5.82 Å². The lowest BCUT2D eigenvalue weighted by atomic mass is 10.0. The topological polar surface area (TPSA) is 116 Å². The first-order valence-electron chi connectivity index (χ1n) is 13.2. The third-order valence-corrected chi connectivity index (χ3v) is 7.33. The number of aromatic hydroxyl groups is 1. The minimum atomic E-state index is -0.510. The summed E-state index contributed by atoms with van der Waals surface area (Å²) >= 11 is 0. The fourth-order valence-electron chi connectivity index (χ4n) is 5.36. The van der Waals surface area contributed by atoms with Crippen molar-refractivity contribution in [3.63, 3.8) is 0 Å². The maximum atomic E-state index is 14.0. The molecular weight excluding hydrogens is 509 g/mol. The maximum absolute atomic E-state index is 14.0. The molecule has 0 amide bonds. The molecule has 0 aliphatic carbocycles. The Labute approximate surface area is 228 Å². The Morgan fingerprint density at radius 1 is 0.925 bits per heavy atom. The van der Waals surface area contributed by atoms with Crippen LogP contribution in [0.1, 0.15) is 12.8 Å². The van der Waals surface area contributed by atoms with Crippen LogP contribution in [0.3, 0.4) is 0 Å². The number of fused-ring (bicyclic) bond motifs is 2. The summed E-state index contributed by atoms with van der Waals surface area (Å²) in [5, 5.41) is 19.0. The average Bonchev–Trinajstić information content (AvgIpc) is 3.71. The van der Waals surface area contributed by atoms with Crippen molar-refractivity contribution < 1.29 is 14.2 Å². The zero-order chi connectivity index (χ0) is 27.1. The van der Waals surface area contributed by atoms with E-state index in [4.69, 9.17) is 4.74 Å². The van der Waals surface area contributed by atoms with Crippen LogP contribution in [0.25, 0.3) is 55.7 Å². The third-order valence-electron chi connectivity index (χ3n) is 7.33. The summed E-state index contributed by atoms with van der Waals surface area (Å²) in [5.41, 5.74) is 5.80. The minimum Gasteiger partial charge on any atom is -0.508 e. The maximum Gasteiger partial charge on any atom is 0.181 e. The monoisotopic (exact) mass is 535 g/mol. The highest BCUT2D eigenvalue weighted by molar-refractivity contribution is 5.99. The molecule has 1 aromatic carbocycles. The number of nitrogens with zero attached hydrogens (tertiary/aromatic N) is 5. The number of hydrogen-bond donors (Lipinski definition) is 3. The van der Waals surface area contributed by atoms with E-state index in [2.05, 4.69) is 35.0 Å². The van der Waals surface area contributed by atoms with Gasteiger partial charge in [-0.05, 0) is 73.5 Å². The van der Waals surface area contributed by atoms with E-state index in [1.54, 1.807) is 30.9 Å². The van der Waals surface area contributed by atoms with Gasteiger partial charge in [-0.15, -0.1) is 0 Å². The molecule has 6 heterocycles. The van der Waals surface area contributed by atoms with Crippen LogP contribution in [0.2, 0.25) is 0 Å². The van der Waals surface area contributed by atoms with Crippen molar-refractivity contribution in [3.8, 4) is 45.1 Å². The number of aromatic nitrogens is 6. The van der Waals surface area contributed by atoms with Crippen LogP contribution in [0.4, 0.5) is 4.39 Å². The Hall–Kier alpha value is -4.83. The molecule has 0 bridgehead atoms. The standard InChI is InChI=1S/C30H26FN7O2/c31-21-9-18(10-22(39)13-21)24-3-4-33-29-25(24)14-27(35-29)28-26-12-20(16-34-30(26)37-36-28)19-11-23(17-32-15-19)40-8-7-38-5-1-2-6-38/h3-4,9-17,39H,1-2,5-8H2,(H,33,35)(H,34,36,37). The van der Waals surface area contributed by atoms with Gasteiger partial charge in [0.05, 0.1) is 17.6 Å². The number of phenols is 1. The van der Waals surface area contributed by atoms with Gasteiger partial charge in [-0.3, -0.25) is 15.0 Å². The van der Waals surface area contributed by atoms with Crippen LogP contribution < -0.4 is 4.74 Å². The molecule has 0 atom stereocenters. The molecule has 6 aromatic rings. The molecule has 9 nitrogen and oxygen atoms in total. The van der Waals surface area contributed by atoms with Crippen LogP contribution in [0.15, 0.2) is 67.3 Å². The Morgan fingerprint density at radius 3 is 2.67 bits per heavy atom. The predicted molar refractivity (Wildman–Crippen MR) is 150 cm³/mol. The van der Waals surface area contributed by atoms with Gasteiger partial charge in [-0.1, -0.05) is 0 Å². The van der Waals surface area contributed by atoms with Crippen LogP contribution in [-0.2, 0) is 0 Å². The van der Waals surface area contributed by atoms with Gasteiger partial charge >= 0.3 is 0 Å². The zero-order valence-electron chi connectivity index (χ0n) is 21.6. The Morgan fingerprint density at radius 2 is 1.80 bits per heavy atom. The van der Waals surface area contributed by atoms with E-state index >= 15 is 0 Å². The normalized spacial score (nSPS) is 13.9. The van der Waals surface area contributed by atoms with Gasteiger partial charge in [0.1, 0.15) is 29.6 Å². The number of likely N-dealkylation sites (tertiary alicyclic amines) is 1. The largest absolute Gasteiger partial charge is 0.508 e. The third kappa shape index (κ3) is 4.62. The molecular formula is C30H26FN7O2. The Bertz CT molecular complexity index is 1820. The summed E-state index contributed by atoms with van der Waals surface area (Å²) in [6.07, 6.45) is 9.48. The molecule has 7 rings (SSSR count). The molecule has 1 aliphatic rings. The molecule has 5 aromatic heterocycles. The van der Waals surface area contributed by atoms with Gasteiger partial charge in [-0.2, -0.15) is 5.10 Å². The first kappa shape index (κ1) is 24.2. The highest BCUT2D eigenvalue weighted by atomic mass is 19.1. The van der Waals surface area contributed by atoms with E-state index in [0.29, 0.717) is 23.5 Å². The van der Waals surface area contributed by atoms with Gasteiger partial charge in [0.2, 0.25) is 0 Å². The molecule has 1 aliphatic heterocycles. The van der Waals surface area contributed by atoms with E-state index in [0.717, 1.165) is 70.3 Å². The summed E-state index contributed by atoms with van der Waals surface area (Å²) < 4.78 is 20.0. The fourth-order valence-corrected chi connectivity index (χ4v) is 5.36. The molecule has 200 valence electrons. The number of hydrogen-bond acceptors (Lipinski definition) is 7. The number of phenolic OH excluding ortho intramolecular Hbond substituents is 1. The van der Waals surface area contributed by atoms with E-state index in [1.807, 2.05) is 18.2 Å². The van der Waals surface area contributed by atoms with Crippen molar-refractivity contribution in [2.45, 2.75) is 12.8 Å². The van der Waals surface area contributed by atoms with Gasteiger partial charge in [-0.25, -0.2) is 14.4 Å². The quantitative estimate of drug-likeness (QED) is 0.245. The Kier molecular flexibility index (Phi) is 6.09. The van der Waals surface area contributed by atoms with Crippen LogP contribution in [-0.4, -0.2) is 66.4 Å². The fraction of sp³-hybridized carbons (Fsp3) is 0.200. The summed E-state index contributed by atoms with van der Waals surface area (Å²) in [6.45, 7) is 3.82. The predicted octanol–water partition coefficient (Wildman–Crippen LogP) is 5.55. The first-order valence-corrected chi connectivity index (χ1v) is 13.2. The van der Waals surface area contributed by atoms with Gasteiger partial charge in [0, 0.05) is 53.1 Å². The van der Waals surface area contributed by atoms with Crippen molar-refractivity contribution in [1.82, 2.24) is 35.0 Å². The number of aromatic amines is 2. The summed E-state index contributed by atoms with van der Waals surface area (Å²) in [5.74, 6) is 0.0793. The highest BCUT2D eigenvalue weighted by Crippen LogP contribution is 2.35. The second kappa shape index (κ2) is 10.0. The average molecular weight is 536 g/mol. The number of halogens is 1. The van der Waals surface area contributed by atoms with Crippen molar-refractivity contribution in [2.75, 3.05) is 26.2 Å². The number of ether oxygens (including phenoxy) is 1. The Balaban J connectivity index is 1.21. The second-order valence-electron chi connectivity index (χ2n) is 10.0. The van der Waals surface area contributed by atoms with Crippen LogP contribution in [0.5, 0.6) is 11.5 Å². The van der Waals surface area contributed by atoms with Gasteiger partial charge in [0.25, 0.3) is 0 Å². The van der Waals surface area contributed by atoms with E-state index in [1.165, 1.54) is 25.0 Å². The van der Waals surface area contributed by atoms with E-state index in [-0.39, 0.29) is 5.75 Å². The summed E-state index contributed by atoms with van der Waals surface area (Å²) in [7, 11) is 0. The van der Waals surface area contributed by atoms with Gasteiger partial charge in [0.15, 0.2) is 5.65 Å². The van der Waals surface area contributed by atoms with Crippen molar-refractivity contribution >= 4 is 22.1 Å². The molecule has 0 spiro atoms. The van der Waals surface area contributed by atoms with E-state index in [9.17, 15) is 9.50 Å². The highest BCUT2D eigenvalue weighted by Gasteiger charge is 2.16. The minimum absolute atomic E-state index is 0.135. The van der Waals surface area contributed by atoms with Crippen molar-refractivity contribution in [2.24, 2.45) is 0 Å². The molecule has 1 fully saturated rings. The molecule has 10 heteroatoms. The number of rotatable bonds is 7. The number of nitrogens with one attached hydrogen (secondary N) is 2. The molecule has 0 radical (unpaired) electrons. The lowest BCUT2D eigenvalue weighted by Crippen LogP contribution is -2.25. The molecule has 40 heavy (non-hydrogen) atoms. The lowest BCUT2D eigenvalue weighted by Gasteiger charge is -2.15. The van der Waals surface area contributed by atoms with E-state index < -0.39 is 5.82 Å². The zero-order valence-corrected chi connectivity index (χ0v) is 21.6. The molecule has 1 saturated heterocycles. The number of benzene rings is 1. The van der Waals surface area contributed by atoms with Crippen LogP contribution >= 0.6 is 0 Å². The second-order valence-corrected chi connectivity index (χ2v) is 10.0. The number of pyridine rings is 3. The molecule has 3 N–H and O–H groups in total. The lowest BCUT2D eigenvalue weighted by molar-refractivity contribution is 0.237. The van der Waals surface area contributed by atoms with Crippen molar-refractivity contribution in [1.29, 1.82) is 0 Å². The SMILES string of the molecule is Oc1cc(F)cc(-c2ccnc3[nH]c(-c4[nH]nc5ncc(-c6cncc(OCCN7CCCC7)c6)cc45)cc23)c1. The van der Waals surface area contributed by atoms with Crippen molar-refractivity contribution in [3.05, 3.63) is 73.1 Å². The summed E-state index contributed by atoms with van der Waals surface area (Å²) in [6, 6.07) is 11.7. The van der Waals surface area contributed by atoms with Gasteiger partial charge < -0.3 is 14.8 Å². The summed E-state index contributed by atoms with van der Waals surface area (Å²) in [4.78, 5) is 19.2. The first-order chi connectivity index (χ1) is 19.6. The number of H-pyrrole nitrogens is 2. The smallest absolute Gasteiger partial charge is 0.181 e. The molecule has 0 unspecified atom stereocenters.